The molecule has 0 aliphatic rings. The summed E-state index contributed by atoms with van der Waals surface area (Å²) in [7, 11) is 0. The van der Waals surface area contributed by atoms with Crippen molar-refractivity contribution in [2.24, 2.45) is 0 Å². The van der Waals surface area contributed by atoms with Gasteiger partial charge in [0.15, 0.2) is 0 Å². The van der Waals surface area contributed by atoms with Gasteiger partial charge < -0.3 is 0 Å². The van der Waals surface area contributed by atoms with Crippen molar-refractivity contribution < 1.29 is 0 Å². The molecule has 0 bridgehead atoms. The van der Waals surface area contributed by atoms with Gasteiger partial charge in [-0.1, -0.05) is 30.7 Å². The SMILES string of the molecule is CCc1nc(NNc2ccncc2)nc(=O)n1-c1ccccc1Cl. The number of rotatable bonds is 5. The van der Waals surface area contributed by atoms with Crippen LogP contribution in [0.2, 0.25) is 5.02 Å². The van der Waals surface area contributed by atoms with Crippen LogP contribution in [0.3, 0.4) is 0 Å². The van der Waals surface area contributed by atoms with Crippen molar-refractivity contribution in [3.8, 4) is 5.69 Å². The minimum Gasteiger partial charge on any atom is -0.298 e. The Hall–Kier alpha value is -2.93. The third kappa shape index (κ3) is 3.36. The minimum atomic E-state index is -0.450. The van der Waals surface area contributed by atoms with Gasteiger partial charge in [0.2, 0.25) is 5.95 Å². The molecule has 0 radical (unpaired) electrons. The highest BCUT2D eigenvalue weighted by molar-refractivity contribution is 6.32. The van der Waals surface area contributed by atoms with Gasteiger partial charge in [-0.15, -0.1) is 0 Å². The van der Waals surface area contributed by atoms with Gasteiger partial charge in [-0.05, 0) is 24.3 Å². The molecule has 3 aromatic rings. The standard InChI is InChI=1S/C16H15ClN6O/c1-2-14-19-15(22-21-11-7-9-18-10-8-11)20-16(24)23(14)13-6-4-3-5-12(13)17/h3-10H,2H2,1H3,(H,18,21)(H,20,22,24). The van der Waals surface area contributed by atoms with Crippen molar-refractivity contribution in [1.29, 1.82) is 0 Å². The summed E-state index contributed by atoms with van der Waals surface area (Å²) in [4.78, 5) is 24.7. The summed E-state index contributed by atoms with van der Waals surface area (Å²) in [5.74, 6) is 0.749. The predicted octanol–water partition coefficient (Wildman–Crippen LogP) is 2.68. The van der Waals surface area contributed by atoms with Crippen molar-refractivity contribution in [3.63, 3.8) is 0 Å². The predicted molar refractivity (Wildman–Crippen MR) is 93.5 cm³/mol. The maximum atomic E-state index is 12.5. The molecule has 7 nitrogen and oxygen atoms in total. The Morgan fingerprint density at radius 1 is 1.08 bits per heavy atom. The molecule has 0 saturated heterocycles. The fraction of sp³-hybridized carbons (Fsp3) is 0.125. The second-order valence-corrected chi connectivity index (χ2v) is 5.28. The number of pyridine rings is 1. The molecule has 2 aromatic heterocycles. The Morgan fingerprint density at radius 2 is 1.83 bits per heavy atom. The maximum absolute atomic E-state index is 12.5. The monoisotopic (exact) mass is 342 g/mol. The van der Waals surface area contributed by atoms with Gasteiger partial charge in [-0.3, -0.25) is 15.8 Å². The van der Waals surface area contributed by atoms with E-state index in [1.54, 1.807) is 42.7 Å². The fourth-order valence-electron chi connectivity index (χ4n) is 2.18. The molecule has 0 saturated carbocycles. The Balaban J connectivity index is 1.94. The Morgan fingerprint density at radius 3 is 2.54 bits per heavy atom. The zero-order valence-corrected chi connectivity index (χ0v) is 13.7. The summed E-state index contributed by atoms with van der Waals surface area (Å²) >= 11 is 6.19. The Kier molecular flexibility index (Phi) is 4.72. The summed E-state index contributed by atoms with van der Waals surface area (Å²) in [6.45, 7) is 1.91. The van der Waals surface area contributed by atoms with Crippen LogP contribution in [0.5, 0.6) is 0 Å². The van der Waals surface area contributed by atoms with E-state index in [-0.39, 0.29) is 5.95 Å². The van der Waals surface area contributed by atoms with Crippen LogP contribution in [0.1, 0.15) is 12.7 Å². The topological polar surface area (TPSA) is 84.7 Å². The molecular weight excluding hydrogens is 328 g/mol. The molecule has 0 fully saturated rings. The largest absolute Gasteiger partial charge is 0.356 e. The summed E-state index contributed by atoms with van der Waals surface area (Å²) in [6, 6.07) is 10.6. The number of hydrogen-bond acceptors (Lipinski definition) is 6. The number of nitrogens with one attached hydrogen (secondary N) is 2. The number of para-hydroxylation sites is 1. The van der Waals surface area contributed by atoms with E-state index in [0.717, 1.165) is 5.69 Å². The molecule has 0 atom stereocenters. The lowest BCUT2D eigenvalue weighted by molar-refractivity contribution is 0.772. The minimum absolute atomic E-state index is 0.192. The first-order valence-corrected chi connectivity index (χ1v) is 7.73. The first kappa shape index (κ1) is 15.9. The van der Waals surface area contributed by atoms with Gasteiger partial charge in [-0.2, -0.15) is 9.97 Å². The van der Waals surface area contributed by atoms with Gasteiger partial charge in [0.1, 0.15) is 5.82 Å². The number of hydrazine groups is 1. The Labute approximate surface area is 143 Å². The zero-order chi connectivity index (χ0) is 16.9. The lowest BCUT2D eigenvalue weighted by Crippen LogP contribution is -2.28. The molecule has 122 valence electrons. The molecular formula is C16H15ClN6O. The zero-order valence-electron chi connectivity index (χ0n) is 12.9. The molecule has 0 amide bonds. The molecule has 1 aromatic carbocycles. The molecule has 24 heavy (non-hydrogen) atoms. The fourth-order valence-corrected chi connectivity index (χ4v) is 2.40. The molecule has 0 spiro atoms. The maximum Gasteiger partial charge on any atom is 0.356 e. The summed E-state index contributed by atoms with van der Waals surface area (Å²) in [6.07, 6.45) is 3.85. The van der Waals surface area contributed by atoms with E-state index >= 15 is 0 Å². The van der Waals surface area contributed by atoms with Crippen LogP contribution in [-0.2, 0) is 6.42 Å². The number of halogens is 1. The van der Waals surface area contributed by atoms with Crippen LogP contribution in [0, 0.1) is 0 Å². The highest BCUT2D eigenvalue weighted by Gasteiger charge is 2.12. The number of nitrogens with zero attached hydrogens (tertiary/aromatic N) is 4. The third-order valence-corrected chi connectivity index (χ3v) is 3.61. The van der Waals surface area contributed by atoms with Crippen LogP contribution >= 0.6 is 11.6 Å². The Bertz CT molecular complexity index is 897. The lowest BCUT2D eigenvalue weighted by Gasteiger charge is -2.14. The summed E-state index contributed by atoms with van der Waals surface area (Å²) in [5, 5.41) is 0.466. The van der Waals surface area contributed by atoms with Gasteiger partial charge in [0, 0.05) is 18.8 Å². The van der Waals surface area contributed by atoms with Gasteiger partial charge in [0.25, 0.3) is 0 Å². The lowest BCUT2D eigenvalue weighted by atomic mass is 10.3. The first-order valence-electron chi connectivity index (χ1n) is 7.36. The number of hydrogen-bond donors (Lipinski definition) is 2. The van der Waals surface area contributed by atoms with Crippen LogP contribution in [-0.4, -0.2) is 19.5 Å². The van der Waals surface area contributed by atoms with E-state index in [0.29, 0.717) is 23.0 Å². The van der Waals surface area contributed by atoms with Crippen molar-refractivity contribution in [2.75, 3.05) is 10.9 Å². The molecule has 8 heteroatoms. The second kappa shape index (κ2) is 7.10. The average Bonchev–Trinajstić information content (AvgIpc) is 2.61. The highest BCUT2D eigenvalue weighted by atomic mass is 35.5. The molecule has 2 heterocycles. The van der Waals surface area contributed by atoms with Crippen molar-refractivity contribution in [2.45, 2.75) is 13.3 Å². The third-order valence-electron chi connectivity index (χ3n) is 3.29. The quantitative estimate of drug-likeness (QED) is 0.693. The van der Waals surface area contributed by atoms with E-state index in [4.69, 9.17) is 11.6 Å². The number of anilines is 2. The van der Waals surface area contributed by atoms with Gasteiger partial charge in [-0.25, -0.2) is 9.36 Å². The van der Waals surface area contributed by atoms with E-state index < -0.39 is 5.69 Å². The van der Waals surface area contributed by atoms with Crippen molar-refractivity contribution >= 4 is 23.2 Å². The second-order valence-electron chi connectivity index (χ2n) is 4.87. The molecule has 0 aliphatic carbocycles. The molecule has 3 rings (SSSR count). The smallest absolute Gasteiger partial charge is 0.298 e. The van der Waals surface area contributed by atoms with Crippen LogP contribution in [0.25, 0.3) is 5.69 Å². The highest BCUT2D eigenvalue weighted by Crippen LogP contribution is 2.19. The van der Waals surface area contributed by atoms with Crippen LogP contribution in [0.15, 0.2) is 53.6 Å². The van der Waals surface area contributed by atoms with E-state index in [1.165, 1.54) is 4.57 Å². The number of aryl methyl sites for hydroxylation is 1. The molecule has 2 N–H and O–H groups in total. The van der Waals surface area contributed by atoms with Crippen molar-refractivity contribution in [1.82, 2.24) is 19.5 Å². The summed E-state index contributed by atoms with van der Waals surface area (Å²) in [5.41, 5.74) is 6.64. The normalized spacial score (nSPS) is 10.4. The van der Waals surface area contributed by atoms with Gasteiger partial charge in [0.05, 0.1) is 16.4 Å². The van der Waals surface area contributed by atoms with Crippen molar-refractivity contribution in [3.05, 3.63) is 70.1 Å². The van der Waals surface area contributed by atoms with Crippen LogP contribution < -0.4 is 16.5 Å². The number of benzene rings is 1. The first-order chi connectivity index (χ1) is 11.7. The molecule has 0 unspecified atom stereocenters. The van der Waals surface area contributed by atoms with E-state index in [1.807, 2.05) is 13.0 Å². The summed E-state index contributed by atoms with van der Waals surface area (Å²) < 4.78 is 1.42. The molecule has 0 aliphatic heterocycles. The van der Waals surface area contributed by atoms with Gasteiger partial charge >= 0.3 is 5.69 Å². The number of aromatic nitrogens is 4. The van der Waals surface area contributed by atoms with E-state index in [9.17, 15) is 4.79 Å². The average molecular weight is 343 g/mol. The van der Waals surface area contributed by atoms with E-state index in [2.05, 4.69) is 25.8 Å². The van der Waals surface area contributed by atoms with Crippen LogP contribution in [0.4, 0.5) is 11.6 Å².